The fourth-order valence-corrected chi connectivity index (χ4v) is 3.18. The molecule has 25 heavy (non-hydrogen) atoms. The average molecular weight is 372 g/mol. The van der Waals surface area contributed by atoms with Gasteiger partial charge in [-0.05, 0) is 31.2 Å². The predicted molar refractivity (Wildman–Crippen MR) is 98.7 cm³/mol. The van der Waals surface area contributed by atoms with E-state index in [1.54, 1.807) is 24.3 Å². The van der Waals surface area contributed by atoms with Crippen LogP contribution in [0.3, 0.4) is 0 Å². The van der Waals surface area contributed by atoms with E-state index in [0.717, 1.165) is 10.6 Å². The van der Waals surface area contributed by atoms with Gasteiger partial charge in [-0.1, -0.05) is 41.9 Å². The monoisotopic (exact) mass is 371 g/mol. The summed E-state index contributed by atoms with van der Waals surface area (Å²) in [4.78, 5) is 29.4. The fraction of sp³-hybridized carbons (Fsp3) is 0.0556. The van der Waals surface area contributed by atoms with Crippen molar-refractivity contribution in [3.63, 3.8) is 0 Å². The number of benzene rings is 2. The van der Waals surface area contributed by atoms with Crippen molar-refractivity contribution >= 4 is 34.8 Å². The number of aryl methyl sites for hydroxylation is 1. The van der Waals surface area contributed by atoms with Crippen molar-refractivity contribution < 1.29 is 9.59 Å². The van der Waals surface area contributed by atoms with Crippen molar-refractivity contribution in [2.24, 2.45) is 0 Å². The van der Waals surface area contributed by atoms with Gasteiger partial charge in [-0.3, -0.25) is 20.4 Å². The summed E-state index contributed by atoms with van der Waals surface area (Å²) in [5, 5.41) is 1.31. The highest BCUT2D eigenvalue weighted by Gasteiger charge is 2.18. The summed E-state index contributed by atoms with van der Waals surface area (Å²) >= 11 is 7.07. The van der Waals surface area contributed by atoms with Crippen molar-refractivity contribution in [1.82, 2.24) is 15.8 Å². The summed E-state index contributed by atoms with van der Waals surface area (Å²) in [6.07, 6.45) is 0. The summed E-state index contributed by atoms with van der Waals surface area (Å²) in [6, 6.07) is 15.8. The minimum absolute atomic E-state index is 0.397. The van der Waals surface area contributed by atoms with Crippen molar-refractivity contribution in [2.75, 3.05) is 0 Å². The SMILES string of the molecule is Cc1nc(-c2ccccc2)c(C(=O)NNC(=O)c2ccc(Cl)cc2)s1. The molecular formula is C18H14ClN3O2S. The first-order chi connectivity index (χ1) is 12.0. The molecule has 5 nitrogen and oxygen atoms in total. The van der Waals surface area contributed by atoms with Gasteiger partial charge in [-0.15, -0.1) is 11.3 Å². The molecule has 0 atom stereocenters. The average Bonchev–Trinajstić information content (AvgIpc) is 3.02. The molecule has 1 aromatic heterocycles. The summed E-state index contributed by atoms with van der Waals surface area (Å²) in [7, 11) is 0. The highest BCUT2D eigenvalue weighted by molar-refractivity contribution is 7.14. The van der Waals surface area contributed by atoms with Crippen LogP contribution in [0.25, 0.3) is 11.3 Å². The van der Waals surface area contributed by atoms with Crippen molar-refractivity contribution in [1.29, 1.82) is 0 Å². The molecule has 126 valence electrons. The zero-order valence-corrected chi connectivity index (χ0v) is 14.8. The van der Waals surface area contributed by atoms with Gasteiger partial charge in [0, 0.05) is 16.1 Å². The van der Waals surface area contributed by atoms with E-state index in [0.29, 0.717) is 21.2 Å². The molecule has 0 spiro atoms. The van der Waals surface area contributed by atoms with Crippen LogP contribution in [0.2, 0.25) is 5.02 Å². The number of rotatable bonds is 3. The molecule has 0 saturated carbocycles. The quantitative estimate of drug-likeness (QED) is 0.687. The van der Waals surface area contributed by atoms with E-state index in [4.69, 9.17) is 11.6 Å². The van der Waals surface area contributed by atoms with Crippen LogP contribution in [-0.2, 0) is 0 Å². The molecule has 0 radical (unpaired) electrons. The molecular weight excluding hydrogens is 358 g/mol. The molecule has 0 fully saturated rings. The molecule has 0 aliphatic rings. The normalized spacial score (nSPS) is 10.3. The molecule has 3 aromatic rings. The minimum Gasteiger partial charge on any atom is -0.267 e. The zero-order valence-electron chi connectivity index (χ0n) is 13.2. The van der Waals surface area contributed by atoms with Gasteiger partial charge in [0.15, 0.2) is 0 Å². The van der Waals surface area contributed by atoms with Gasteiger partial charge in [0.25, 0.3) is 11.8 Å². The first-order valence-electron chi connectivity index (χ1n) is 7.43. The Hall–Kier alpha value is -2.70. The second-order valence-corrected chi connectivity index (χ2v) is 6.83. The topological polar surface area (TPSA) is 71.1 Å². The highest BCUT2D eigenvalue weighted by atomic mass is 35.5. The van der Waals surface area contributed by atoms with Crippen LogP contribution in [0, 0.1) is 6.92 Å². The van der Waals surface area contributed by atoms with E-state index in [2.05, 4.69) is 15.8 Å². The lowest BCUT2D eigenvalue weighted by atomic mass is 10.1. The maximum atomic E-state index is 12.5. The molecule has 3 rings (SSSR count). The number of hydrogen-bond donors (Lipinski definition) is 2. The van der Waals surface area contributed by atoms with Crippen LogP contribution in [0.1, 0.15) is 25.0 Å². The van der Waals surface area contributed by atoms with Crippen LogP contribution in [0.5, 0.6) is 0 Å². The zero-order chi connectivity index (χ0) is 17.8. The van der Waals surface area contributed by atoms with E-state index in [1.165, 1.54) is 11.3 Å². The number of nitrogens with one attached hydrogen (secondary N) is 2. The third-order valence-corrected chi connectivity index (χ3v) is 4.61. The molecule has 0 bridgehead atoms. The van der Waals surface area contributed by atoms with E-state index in [-0.39, 0.29) is 0 Å². The second kappa shape index (κ2) is 7.46. The second-order valence-electron chi connectivity index (χ2n) is 5.19. The summed E-state index contributed by atoms with van der Waals surface area (Å²) < 4.78 is 0. The Morgan fingerprint density at radius 2 is 1.60 bits per heavy atom. The first kappa shape index (κ1) is 17.1. The van der Waals surface area contributed by atoms with Gasteiger partial charge >= 0.3 is 0 Å². The van der Waals surface area contributed by atoms with Gasteiger partial charge in [0.2, 0.25) is 0 Å². The van der Waals surface area contributed by atoms with Crippen LogP contribution >= 0.6 is 22.9 Å². The van der Waals surface area contributed by atoms with Crippen LogP contribution in [0.15, 0.2) is 54.6 Å². The molecule has 7 heteroatoms. The fourth-order valence-electron chi connectivity index (χ4n) is 2.22. The Morgan fingerprint density at radius 3 is 2.28 bits per heavy atom. The Balaban J connectivity index is 1.74. The van der Waals surface area contributed by atoms with E-state index in [1.807, 2.05) is 37.3 Å². The summed E-state index contributed by atoms with van der Waals surface area (Å²) in [5.41, 5.74) is 6.68. The van der Waals surface area contributed by atoms with Crippen molar-refractivity contribution in [3.05, 3.63) is 75.1 Å². The maximum Gasteiger partial charge on any atom is 0.282 e. The molecule has 0 aliphatic heterocycles. The molecule has 0 saturated heterocycles. The van der Waals surface area contributed by atoms with Crippen LogP contribution < -0.4 is 10.9 Å². The molecule has 2 amide bonds. The molecule has 0 unspecified atom stereocenters. The highest BCUT2D eigenvalue weighted by Crippen LogP contribution is 2.27. The number of amides is 2. The number of thiazole rings is 1. The Kier molecular flexibility index (Phi) is 5.11. The van der Waals surface area contributed by atoms with E-state index in [9.17, 15) is 9.59 Å². The van der Waals surface area contributed by atoms with Gasteiger partial charge in [0.1, 0.15) is 4.88 Å². The van der Waals surface area contributed by atoms with Gasteiger partial charge in [-0.2, -0.15) is 0 Å². The third-order valence-electron chi connectivity index (χ3n) is 3.38. The predicted octanol–water partition coefficient (Wildman–Crippen LogP) is 3.85. The van der Waals surface area contributed by atoms with Crippen molar-refractivity contribution in [2.45, 2.75) is 6.92 Å². The summed E-state index contributed by atoms with van der Waals surface area (Å²) in [5.74, 6) is -0.834. The van der Waals surface area contributed by atoms with Gasteiger partial charge in [-0.25, -0.2) is 4.98 Å². The number of nitrogens with zero attached hydrogens (tertiary/aromatic N) is 1. The Bertz CT molecular complexity index is 908. The Morgan fingerprint density at radius 1 is 0.960 bits per heavy atom. The lowest BCUT2D eigenvalue weighted by molar-refractivity contribution is 0.0849. The lowest BCUT2D eigenvalue weighted by Crippen LogP contribution is -2.41. The maximum absolute atomic E-state index is 12.5. The summed E-state index contributed by atoms with van der Waals surface area (Å²) in [6.45, 7) is 1.83. The van der Waals surface area contributed by atoms with Crippen LogP contribution in [-0.4, -0.2) is 16.8 Å². The first-order valence-corrected chi connectivity index (χ1v) is 8.63. The standard InChI is InChI=1S/C18H14ClN3O2S/c1-11-20-15(12-5-3-2-4-6-12)16(25-11)18(24)22-21-17(23)13-7-9-14(19)10-8-13/h2-10H,1H3,(H,21,23)(H,22,24). The number of carbonyl (C=O) groups is 2. The number of hydrazine groups is 1. The number of halogens is 1. The largest absolute Gasteiger partial charge is 0.282 e. The van der Waals surface area contributed by atoms with Gasteiger partial charge < -0.3 is 0 Å². The smallest absolute Gasteiger partial charge is 0.267 e. The van der Waals surface area contributed by atoms with Gasteiger partial charge in [0.05, 0.1) is 10.7 Å². The van der Waals surface area contributed by atoms with E-state index < -0.39 is 11.8 Å². The number of hydrogen-bond acceptors (Lipinski definition) is 4. The molecule has 0 aliphatic carbocycles. The number of carbonyl (C=O) groups excluding carboxylic acids is 2. The lowest BCUT2D eigenvalue weighted by Gasteiger charge is -2.07. The Labute approximate surface area is 153 Å². The molecule has 1 heterocycles. The number of aromatic nitrogens is 1. The van der Waals surface area contributed by atoms with E-state index >= 15 is 0 Å². The molecule has 2 aromatic carbocycles. The third kappa shape index (κ3) is 4.04. The molecule has 2 N–H and O–H groups in total. The van der Waals surface area contributed by atoms with Crippen molar-refractivity contribution in [3.8, 4) is 11.3 Å². The van der Waals surface area contributed by atoms with Crippen LogP contribution in [0.4, 0.5) is 0 Å². The minimum atomic E-state index is -0.424.